The van der Waals surface area contributed by atoms with Crippen molar-refractivity contribution in [2.75, 3.05) is 12.3 Å². The van der Waals surface area contributed by atoms with E-state index in [0.717, 1.165) is 0 Å². The number of anilines is 1. The van der Waals surface area contributed by atoms with E-state index >= 15 is 0 Å². The van der Waals surface area contributed by atoms with E-state index in [2.05, 4.69) is 15.0 Å². The summed E-state index contributed by atoms with van der Waals surface area (Å²) in [6.45, 7) is -0.168. The van der Waals surface area contributed by atoms with E-state index in [4.69, 9.17) is 5.73 Å². The maximum atomic E-state index is 10.1. The highest BCUT2D eigenvalue weighted by atomic mass is 16.3. The molecule has 2 aromatic heterocycles. The fourth-order valence-corrected chi connectivity index (χ4v) is 2.67. The van der Waals surface area contributed by atoms with Crippen LogP contribution in [0.15, 0.2) is 12.7 Å². The van der Waals surface area contributed by atoms with Crippen molar-refractivity contribution in [2.45, 2.75) is 24.7 Å². The Hall–Kier alpha value is -1.77. The summed E-state index contributed by atoms with van der Waals surface area (Å²) in [4.78, 5) is 12.1. The lowest BCUT2D eigenvalue weighted by Crippen LogP contribution is -2.30. The summed E-state index contributed by atoms with van der Waals surface area (Å²) in [6, 6.07) is -0.383. The first-order valence-electron chi connectivity index (χ1n) is 6.03. The Kier molecular flexibility index (Phi) is 2.85. The van der Waals surface area contributed by atoms with Gasteiger partial charge in [0.2, 0.25) is 0 Å². The first kappa shape index (κ1) is 12.3. The first-order chi connectivity index (χ1) is 9.13. The zero-order valence-corrected chi connectivity index (χ0v) is 10.1. The van der Waals surface area contributed by atoms with Gasteiger partial charge in [-0.3, -0.25) is 0 Å². The number of fused-ring (bicyclic) bond motifs is 1. The summed E-state index contributed by atoms with van der Waals surface area (Å²) in [5.41, 5.74) is 6.69. The lowest BCUT2D eigenvalue weighted by Gasteiger charge is -2.18. The Balaban J connectivity index is 2.04. The number of nitrogen functional groups attached to an aromatic ring is 1. The third-order valence-corrected chi connectivity index (χ3v) is 3.75. The van der Waals surface area contributed by atoms with Gasteiger partial charge in [-0.05, 0) is 6.42 Å². The minimum atomic E-state index is -0.967. The molecule has 1 aliphatic carbocycles. The monoisotopic (exact) mass is 265 g/mol. The van der Waals surface area contributed by atoms with Crippen molar-refractivity contribution in [1.29, 1.82) is 0 Å². The van der Waals surface area contributed by atoms with Crippen LogP contribution >= 0.6 is 0 Å². The molecule has 1 saturated carbocycles. The van der Waals surface area contributed by atoms with Crippen molar-refractivity contribution in [3.8, 4) is 0 Å². The Morgan fingerprint density at radius 3 is 2.74 bits per heavy atom. The van der Waals surface area contributed by atoms with Crippen LogP contribution in [-0.4, -0.2) is 53.7 Å². The molecule has 0 bridgehead atoms. The highest BCUT2D eigenvalue weighted by molar-refractivity contribution is 5.81. The summed E-state index contributed by atoms with van der Waals surface area (Å²) in [5, 5.41) is 29.1. The molecule has 1 fully saturated rings. The lowest BCUT2D eigenvalue weighted by molar-refractivity contribution is -0.00370. The fourth-order valence-electron chi connectivity index (χ4n) is 2.67. The lowest BCUT2D eigenvalue weighted by atomic mass is 10.1. The Morgan fingerprint density at radius 1 is 1.26 bits per heavy atom. The molecule has 0 unspecified atom stereocenters. The van der Waals surface area contributed by atoms with Crippen LogP contribution in [0.5, 0.6) is 0 Å². The van der Waals surface area contributed by atoms with Gasteiger partial charge in [-0.1, -0.05) is 0 Å². The van der Waals surface area contributed by atoms with Crippen molar-refractivity contribution < 1.29 is 15.3 Å². The minimum absolute atomic E-state index is 0.168. The van der Waals surface area contributed by atoms with Crippen molar-refractivity contribution in [1.82, 2.24) is 19.5 Å². The summed E-state index contributed by atoms with van der Waals surface area (Å²) < 4.78 is 1.68. The SMILES string of the molecule is Nc1ncnc2c1ncn2[C@H]1C[C@@H](CO)[C@H](O)[C@H]1O. The summed E-state index contributed by atoms with van der Waals surface area (Å²) in [6.07, 6.45) is 1.39. The third-order valence-electron chi connectivity index (χ3n) is 3.75. The summed E-state index contributed by atoms with van der Waals surface area (Å²) >= 11 is 0. The molecule has 0 aromatic carbocycles. The minimum Gasteiger partial charge on any atom is -0.396 e. The van der Waals surface area contributed by atoms with Gasteiger partial charge in [-0.15, -0.1) is 0 Å². The fraction of sp³-hybridized carbons (Fsp3) is 0.545. The second-order valence-electron chi connectivity index (χ2n) is 4.81. The predicted molar refractivity (Wildman–Crippen MR) is 66.0 cm³/mol. The number of aliphatic hydroxyl groups excluding tert-OH is 3. The number of hydrogen-bond donors (Lipinski definition) is 4. The number of nitrogens with two attached hydrogens (primary N) is 1. The molecule has 8 heteroatoms. The van der Waals surface area contributed by atoms with E-state index in [1.807, 2.05) is 0 Å². The number of aliphatic hydroxyl groups is 3. The maximum Gasteiger partial charge on any atom is 0.165 e. The second kappa shape index (κ2) is 4.41. The number of aromatic nitrogens is 4. The topological polar surface area (TPSA) is 130 Å². The number of rotatable bonds is 2. The average molecular weight is 265 g/mol. The summed E-state index contributed by atoms with van der Waals surface area (Å²) in [7, 11) is 0. The zero-order valence-electron chi connectivity index (χ0n) is 10.1. The van der Waals surface area contributed by atoms with Gasteiger partial charge in [-0.2, -0.15) is 0 Å². The van der Waals surface area contributed by atoms with Crippen LogP contribution < -0.4 is 5.73 Å². The molecule has 2 aromatic rings. The average Bonchev–Trinajstić information content (AvgIpc) is 2.94. The van der Waals surface area contributed by atoms with Crippen LogP contribution in [0.2, 0.25) is 0 Å². The van der Waals surface area contributed by atoms with Crippen molar-refractivity contribution in [3.63, 3.8) is 0 Å². The van der Waals surface area contributed by atoms with Crippen LogP contribution in [0.3, 0.4) is 0 Å². The Morgan fingerprint density at radius 2 is 2.05 bits per heavy atom. The van der Waals surface area contributed by atoms with Crippen LogP contribution in [-0.2, 0) is 0 Å². The van der Waals surface area contributed by atoms with Gasteiger partial charge in [0.25, 0.3) is 0 Å². The number of imidazole rings is 1. The molecule has 102 valence electrons. The van der Waals surface area contributed by atoms with Crippen LogP contribution in [0.4, 0.5) is 5.82 Å². The van der Waals surface area contributed by atoms with Crippen LogP contribution in [0.25, 0.3) is 11.2 Å². The zero-order chi connectivity index (χ0) is 13.6. The molecule has 0 saturated heterocycles. The van der Waals surface area contributed by atoms with E-state index in [1.54, 1.807) is 4.57 Å². The van der Waals surface area contributed by atoms with E-state index < -0.39 is 12.2 Å². The summed E-state index contributed by atoms with van der Waals surface area (Å²) in [5.74, 6) is -0.0767. The van der Waals surface area contributed by atoms with E-state index in [0.29, 0.717) is 17.6 Å². The van der Waals surface area contributed by atoms with E-state index in [-0.39, 0.29) is 24.4 Å². The predicted octanol–water partition coefficient (Wildman–Crippen LogP) is -1.32. The molecule has 4 atom stereocenters. The highest BCUT2D eigenvalue weighted by Gasteiger charge is 2.42. The van der Waals surface area contributed by atoms with E-state index in [1.165, 1.54) is 12.7 Å². The molecule has 0 aliphatic heterocycles. The van der Waals surface area contributed by atoms with E-state index in [9.17, 15) is 15.3 Å². The van der Waals surface area contributed by atoms with Gasteiger partial charge in [0.1, 0.15) is 17.9 Å². The largest absolute Gasteiger partial charge is 0.396 e. The molecule has 0 amide bonds. The smallest absolute Gasteiger partial charge is 0.165 e. The number of nitrogens with zero attached hydrogens (tertiary/aromatic N) is 4. The molecule has 8 nitrogen and oxygen atoms in total. The van der Waals surface area contributed by atoms with Crippen LogP contribution in [0, 0.1) is 5.92 Å². The molecule has 0 radical (unpaired) electrons. The van der Waals surface area contributed by atoms with Crippen LogP contribution in [0.1, 0.15) is 12.5 Å². The van der Waals surface area contributed by atoms with Crippen molar-refractivity contribution >= 4 is 17.0 Å². The van der Waals surface area contributed by atoms with Gasteiger partial charge < -0.3 is 25.6 Å². The Labute approximate surface area is 108 Å². The Bertz CT molecular complexity index is 601. The second-order valence-corrected chi connectivity index (χ2v) is 4.81. The molecule has 19 heavy (non-hydrogen) atoms. The standard InChI is InChI=1S/C11H15N5O3/c12-10-7-11(14-3-13-10)16(4-15-7)6-1-5(2-17)8(18)9(6)19/h3-6,8-9,17-19H,1-2H2,(H2,12,13,14)/t5-,6-,8-,9-/m0/s1. The van der Waals surface area contributed by atoms with Gasteiger partial charge in [-0.25, -0.2) is 15.0 Å². The first-order valence-corrected chi connectivity index (χ1v) is 6.03. The maximum absolute atomic E-state index is 10.1. The molecule has 1 aliphatic rings. The third kappa shape index (κ3) is 1.76. The molecule has 5 N–H and O–H groups in total. The molecular weight excluding hydrogens is 250 g/mol. The molecular formula is C11H15N5O3. The van der Waals surface area contributed by atoms with Crippen molar-refractivity contribution in [2.24, 2.45) is 5.92 Å². The quantitative estimate of drug-likeness (QED) is 0.530. The van der Waals surface area contributed by atoms with Crippen molar-refractivity contribution in [3.05, 3.63) is 12.7 Å². The highest BCUT2D eigenvalue weighted by Crippen LogP contribution is 2.36. The van der Waals surface area contributed by atoms with Gasteiger partial charge in [0.05, 0.1) is 18.5 Å². The van der Waals surface area contributed by atoms with Gasteiger partial charge >= 0.3 is 0 Å². The van der Waals surface area contributed by atoms with Gasteiger partial charge in [0.15, 0.2) is 11.5 Å². The molecule has 2 heterocycles. The number of hydrogen-bond acceptors (Lipinski definition) is 7. The molecule has 0 spiro atoms. The van der Waals surface area contributed by atoms with Gasteiger partial charge in [0, 0.05) is 12.5 Å². The molecule has 3 rings (SSSR count). The normalized spacial score (nSPS) is 31.1.